The Morgan fingerprint density at radius 3 is 2.75 bits per heavy atom. The van der Waals surface area contributed by atoms with Crippen molar-refractivity contribution >= 4 is 0 Å². The zero-order valence-corrected chi connectivity index (χ0v) is 10.5. The monoisotopic (exact) mass is 227 g/mol. The maximum Gasteiger partial charge on any atom is 0.0673 e. The number of aliphatic hydroxyl groups excluding tert-OH is 1. The molecule has 2 aliphatic rings. The lowest BCUT2D eigenvalue weighted by atomic mass is 9.86. The fourth-order valence-corrected chi connectivity index (χ4v) is 3.19. The third kappa shape index (κ3) is 2.96. The highest BCUT2D eigenvalue weighted by molar-refractivity contribution is 4.87. The van der Waals surface area contributed by atoms with Crippen molar-refractivity contribution in [3.63, 3.8) is 0 Å². The van der Waals surface area contributed by atoms with Crippen LogP contribution in [0.3, 0.4) is 0 Å². The molecule has 3 heteroatoms. The van der Waals surface area contributed by atoms with Gasteiger partial charge in [0.1, 0.15) is 0 Å². The summed E-state index contributed by atoms with van der Waals surface area (Å²) >= 11 is 0. The first-order valence-corrected chi connectivity index (χ1v) is 6.69. The fourth-order valence-electron chi connectivity index (χ4n) is 3.19. The molecule has 0 radical (unpaired) electrons. The molecule has 16 heavy (non-hydrogen) atoms. The van der Waals surface area contributed by atoms with E-state index in [-0.39, 0.29) is 5.41 Å². The average Bonchev–Trinajstić information content (AvgIpc) is 2.64. The van der Waals surface area contributed by atoms with E-state index >= 15 is 0 Å². The molecule has 1 aliphatic heterocycles. The van der Waals surface area contributed by atoms with Gasteiger partial charge < -0.3 is 14.7 Å². The first-order valence-electron chi connectivity index (χ1n) is 6.69. The van der Waals surface area contributed by atoms with Gasteiger partial charge in [0, 0.05) is 38.3 Å². The second kappa shape index (κ2) is 5.48. The van der Waals surface area contributed by atoms with E-state index in [1.807, 2.05) is 0 Å². The molecule has 0 amide bonds. The summed E-state index contributed by atoms with van der Waals surface area (Å²) in [6, 6.07) is 0. The minimum absolute atomic E-state index is 0.198. The molecule has 1 aliphatic carbocycles. The van der Waals surface area contributed by atoms with Crippen LogP contribution in [0.25, 0.3) is 0 Å². The molecular formula is C13H25NO2. The van der Waals surface area contributed by atoms with Crippen molar-refractivity contribution in [3.05, 3.63) is 0 Å². The molecule has 2 fully saturated rings. The molecule has 1 saturated heterocycles. The fraction of sp³-hybridized carbons (Fsp3) is 1.00. The molecule has 94 valence electrons. The summed E-state index contributed by atoms with van der Waals surface area (Å²) in [5, 5.41) is 9.63. The number of ether oxygens (including phenoxy) is 1. The molecule has 1 heterocycles. The summed E-state index contributed by atoms with van der Waals surface area (Å²) in [6.45, 7) is 6.63. The molecule has 1 atom stereocenters. The quantitative estimate of drug-likeness (QED) is 0.796. The second-order valence-electron chi connectivity index (χ2n) is 5.64. The minimum Gasteiger partial charge on any atom is -0.396 e. The lowest BCUT2D eigenvalue weighted by Gasteiger charge is -2.33. The van der Waals surface area contributed by atoms with E-state index in [9.17, 15) is 5.11 Å². The van der Waals surface area contributed by atoms with E-state index < -0.39 is 0 Å². The van der Waals surface area contributed by atoms with E-state index in [4.69, 9.17) is 4.74 Å². The van der Waals surface area contributed by atoms with E-state index in [0.29, 0.717) is 12.7 Å². The lowest BCUT2D eigenvalue weighted by Crippen LogP contribution is -2.41. The summed E-state index contributed by atoms with van der Waals surface area (Å²) in [5.74, 6) is 0. The van der Waals surface area contributed by atoms with Crippen LogP contribution in [-0.2, 0) is 4.74 Å². The van der Waals surface area contributed by atoms with Crippen molar-refractivity contribution < 1.29 is 9.84 Å². The van der Waals surface area contributed by atoms with Crippen molar-refractivity contribution in [1.82, 2.24) is 4.90 Å². The number of nitrogens with zero attached hydrogens (tertiary/aromatic N) is 1. The Morgan fingerprint density at radius 1 is 1.31 bits per heavy atom. The Labute approximate surface area is 98.8 Å². The second-order valence-corrected chi connectivity index (χ2v) is 5.64. The number of hydrogen-bond acceptors (Lipinski definition) is 3. The third-order valence-corrected chi connectivity index (χ3v) is 4.09. The van der Waals surface area contributed by atoms with Crippen molar-refractivity contribution in [2.75, 3.05) is 32.8 Å². The highest BCUT2D eigenvalue weighted by Gasteiger charge is 2.35. The summed E-state index contributed by atoms with van der Waals surface area (Å²) in [5.41, 5.74) is 0.198. The Morgan fingerprint density at radius 2 is 2.06 bits per heavy atom. The van der Waals surface area contributed by atoms with Crippen LogP contribution in [0.15, 0.2) is 0 Å². The third-order valence-electron chi connectivity index (χ3n) is 4.09. The minimum atomic E-state index is 0.198. The predicted octanol–water partition coefficient (Wildman–Crippen LogP) is 1.65. The zero-order chi connectivity index (χ0) is 11.4. The van der Waals surface area contributed by atoms with Gasteiger partial charge in [0.25, 0.3) is 0 Å². The van der Waals surface area contributed by atoms with Crippen molar-refractivity contribution in [2.24, 2.45) is 5.41 Å². The van der Waals surface area contributed by atoms with Crippen molar-refractivity contribution in [1.29, 1.82) is 0 Å². The smallest absolute Gasteiger partial charge is 0.0673 e. The first-order chi connectivity index (χ1) is 7.74. The van der Waals surface area contributed by atoms with Gasteiger partial charge in [-0.1, -0.05) is 12.8 Å². The Hall–Kier alpha value is -0.120. The molecular weight excluding hydrogens is 202 g/mol. The standard InChI is InChI=1S/C13H25NO2/c1-12-9-14(7-4-8-16-12)10-13(11-15)5-2-3-6-13/h12,15H,2-11H2,1H3. The van der Waals surface area contributed by atoms with Gasteiger partial charge in [-0.25, -0.2) is 0 Å². The van der Waals surface area contributed by atoms with E-state index in [2.05, 4.69) is 11.8 Å². The highest BCUT2D eigenvalue weighted by Crippen LogP contribution is 2.38. The van der Waals surface area contributed by atoms with E-state index in [0.717, 1.165) is 32.7 Å². The lowest BCUT2D eigenvalue weighted by molar-refractivity contribution is 0.0457. The Bertz CT molecular complexity index is 214. The maximum absolute atomic E-state index is 9.63. The van der Waals surface area contributed by atoms with E-state index in [1.54, 1.807) is 0 Å². The molecule has 0 aromatic carbocycles. The summed E-state index contributed by atoms with van der Waals surface area (Å²) in [6.07, 6.45) is 6.47. The van der Waals surface area contributed by atoms with Gasteiger partial charge in [-0.05, 0) is 26.2 Å². The van der Waals surface area contributed by atoms with Gasteiger partial charge in [-0.15, -0.1) is 0 Å². The maximum atomic E-state index is 9.63. The van der Waals surface area contributed by atoms with Crippen LogP contribution in [0.4, 0.5) is 0 Å². The van der Waals surface area contributed by atoms with Gasteiger partial charge in [0.05, 0.1) is 6.10 Å². The van der Waals surface area contributed by atoms with Crippen LogP contribution in [0.2, 0.25) is 0 Å². The van der Waals surface area contributed by atoms with Gasteiger partial charge in [0.2, 0.25) is 0 Å². The van der Waals surface area contributed by atoms with Gasteiger partial charge in [-0.3, -0.25) is 0 Å². The highest BCUT2D eigenvalue weighted by atomic mass is 16.5. The molecule has 0 aromatic rings. The average molecular weight is 227 g/mol. The predicted molar refractivity (Wildman–Crippen MR) is 64.5 cm³/mol. The number of rotatable bonds is 3. The summed E-state index contributed by atoms with van der Waals surface area (Å²) in [4.78, 5) is 2.50. The molecule has 3 nitrogen and oxygen atoms in total. The van der Waals surface area contributed by atoms with Gasteiger partial charge in [0.15, 0.2) is 0 Å². The van der Waals surface area contributed by atoms with E-state index in [1.165, 1.54) is 25.7 Å². The SMILES string of the molecule is CC1CN(CC2(CO)CCCC2)CCCO1. The Balaban J connectivity index is 1.91. The number of hydrogen-bond donors (Lipinski definition) is 1. The van der Waals surface area contributed by atoms with Crippen molar-refractivity contribution in [2.45, 2.75) is 45.1 Å². The van der Waals surface area contributed by atoms with Crippen LogP contribution in [0, 0.1) is 5.41 Å². The summed E-state index contributed by atoms with van der Waals surface area (Å²) in [7, 11) is 0. The van der Waals surface area contributed by atoms with Gasteiger partial charge >= 0.3 is 0 Å². The van der Waals surface area contributed by atoms with Crippen LogP contribution in [0.1, 0.15) is 39.0 Å². The molecule has 0 spiro atoms. The van der Waals surface area contributed by atoms with Crippen LogP contribution >= 0.6 is 0 Å². The number of aliphatic hydroxyl groups is 1. The molecule has 1 unspecified atom stereocenters. The largest absolute Gasteiger partial charge is 0.396 e. The topological polar surface area (TPSA) is 32.7 Å². The molecule has 1 saturated carbocycles. The summed E-state index contributed by atoms with van der Waals surface area (Å²) < 4.78 is 5.66. The van der Waals surface area contributed by atoms with Crippen molar-refractivity contribution in [3.8, 4) is 0 Å². The van der Waals surface area contributed by atoms with Gasteiger partial charge in [-0.2, -0.15) is 0 Å². The Kier molecular flexibility index (Phi) is 4.22. The molecule has 1 N–H and O–H groups in total. The zero-order valence-electron chi connectivity index (χ0n) is 10.5. The molecule has 2 rings (SSSR count). The molecule has 0 bridgehead atoms. The first kappa shape index (κ1) is 12.3. The van der Waals surface area contributed by atoms with Crippen LogP contribution < -0.4 is 0 Å². The van der Waals surface area contributed by atoms with Crippen LogP contribution in [0.5, 0.6) is 0 Å². The van der Waals surface area contributed by atoms with Crippen LogP contribution in [-0.4, -0.2) is 49.0 Å². The molecule has 0 aromatic heterocycles. The normalized spacial score (nSPS) is 31.5.